The summed E-state index contributed by atoms with van der Waals surface area (Å²) in [5, 5.41) is 2.97. The van der Waals surface area contributed by atoms with E-state index in [9.17, 15) is 18.0 Å². The number of amides is 2. The molecule has 1 atom stereocenters. The van der Waals surface area contributed by atoms with E-state index in [2.05, 4.69) is 21.2 Å². The van der Waals surface area contributed by atoms with E-state index >= 15 is 0 Å². The number of ether oxygens (including phenoxy) is 1. The molecule has 2 amide bonds. The highest BCUT2D eigenvalue weighted by atomic mass is 79.9. The molecule has 0 radical (unpaired) electrons. The molecular formula is C30H36BrN3O5S. The minimum absolute atomic E-state index is 0.119. The average Bonchev–Trinajstić information content (AvgIpc) is 2.93. The maximum absolute atomic E-state index is 14.1. The van der Waals surface area contributed by atoms with Crippen molar-refractivity contribution in [3.63, 3.8) is 0 Å². The van der Waals surface area contributed by atoms with Crippen LogP contribution in [-0.4, -0.2) is 57.6 Å². The molecule has 0 aliphatic heterocycles. The summed E-state index contributed by atoms with van der Waals surface area (Å²) in [4.78, 5) is 29.2. The Morgan fingerprint density at radius 3 is 2.23 bits per heavy atom. The van der Waals surface area contributed by atoms with Crippen molar-refractivity contribution in [3.05, 3.63) is 94.5 Å². The zero-order valence-electron chi connectivity index (χ0n) is 23.2. The molecule has 0 aromatic heterocycles. The molecule has 214 valence electrons. The molecule has 0 saturated carbocycles. The number of carbonyl (C=O) groups is 2. The van der Waals surface area contributed by atoms with Gasteiger partial charge in [0.05, 0.1) is 19.1 Å². The maximum atomic E-state index is 14.1. The van der Waals surface area contributed by atoms with E-state index in [1.807, 2.05) is 68.4 Å². The minimum Gasteiger partial charge on any atom is -0.497 e. The van der Waals surface area contributed by atoms with Gasteiger partial charge in [0.1, 0.15) is 18.3 Å². The second-order valence-corrected chi connectivity index (χ2v) is 12.8. The molecule has 3 aromatic carbocycles. The van der Waals surface area contributed by atoms with Gasteiger partial charge in [-0.15, -0.1) is 0 Å². The van der Waals surface area contributed by atoms with Gasteiger partial charge in [-0.25, -0.2) is 8.42 Å². The topological polar surface area (TPSA) is 96.0 Å². The van der Waals surface area contributed by atoms with Gasteiger partial charge in [0.15, 0.2) is 0 Å². The minimum atomic E-state index is -3.85. The van der Waals surface area contributed by atoms with Crippen molar-refractivity contribution in [3.8, 4) is 5.75 Å². The number of methoxy groups -OCH3 is 1. The highest BCUT2D eigenvalue weighted by molar-refractivity contribution is 9.10. The Morgan fingerprint density at radius 2 is 1.62 bits per heavy atom. The lowest BCUT2D eigenvalue weighted by Gasteiger charge is -2.33. The lowest BCUT2D eigenvalue weighted by atomic mass is 10.0. The van der Waals surface area contributed by atoms with Gasteiger partial charge < -0.3 is 15.0 Å². The van der Waals surface area contributed by atoms with Crippen LogP contribution in [0.1, 0.15) is 25.0 Å². The lowest BCUT2D eigenvalue weighted by Crippen LogP contribution is -2.53. The lowest BCUT2D eigenvalue weighted by molar-refractivity contribution is -0.140. The Kier molecular flexibility index (Phi) is 11.2. The smallest absolute Gasteiger partial charge is 0.244 e. The van der Waals surface area contributed by atoms with Crippen LogP contribution in [0, 0.1) is 5.92 Å². The van der Waals surface area contributed by atoms with Crippen LogP contribution in [0.2, 0.25) is 0 Å². The van der Waals surface area contributed by atoms with E-state index in [0.717, 1.165) is 26.2 Å². The first-order valence-corrected chi connectivity index (χ1v) is 15.6. The first-order valence-electron chi connectivity index (χ1n) is 12.9. The van der Waals surface area contributed by atoms with E-state index in [-0.39, 0.29) is 24.8 Å². The molecule has 1 N–H and O–H groups in total. The summed E-state index contributed by atoms with van der Waals surface area (Å²) in [6, 6.07) is 22.6. The molecule has 0 bridgehead atoms. The van der Waals surface area contributed by atoms with E-state index in [1.54, 1.807) is 24.3 Å². The van der Waals surface area contributed by atoms with Crippen molar-refractivity contribution in [1.82, 2.24) is 10.2 Å². The van der Waals surface area contributed by atoms with E-state index in [4.69, 9.17) is 4.74 Å². The van der Waals surface area contributed by atoms with Crippen LogP contribution < -0.4 is 14.4 Å². The molecule has 40 heavy (non-hydrogen) atoms. The Morgan fingerprint density at radius 1 is 0.950 bits per heavy atom. The maximum Gasteiger partial charge on any atom is 0.244 e. The van der Waals surface area contributed by atoms with Gasteiger partial charge in [-0.05, 0) is 41.3 Å². The number of anilines is 1. The molecule has 0 aliphatic carbocycles. The van der Waals surface area contributed by atoms with Gasteiger partial charge in [-0.1, -0.05) is 78.3 Å². The van der Waals surface area contributed by atoms with Gasteiger partial charge in [0, 0.05) is 30.0 Å². The number of carbonyl (C=O) groups excluding carboxylic acids is 2. The molecule has 10 heteroatoms. The molecule has 8 nitrogen and oxygen atoms in total. The highest BCUT2D eigenvalue weighted by Crippen LogP contribution is 2.24. The van der Waals surface area contributed by atoms with Crippen LogP contribution in [0.15, 0.2) is 83.3 Å². The van der Waals surface area contributed by atoms with Crippen LogP contribution in [0.3, 0.4) is 0 Å². The summed E-state index contributed by atoms with van der Waals surface area (Å²) >= 11 is 3.43. The van der Waals surface area contributed by atoms with Crippen LogP contribution >= 0.6 is 15.9 Å². The Hall–Kier alpha value is -3.37. The molecule has 0 saturated heterocycles. The fourth-order valence-electron chi connectivity index (χ4n) is 4.14. The Labute approximate surface area is 245 Å². The summed E-state index contributed by atoms with van der Waals surface area (Å²) in [6.07, 6.45) is 1.32. The molecular weight excluding hydrogens is 594 g/mol. The zero-order chi connectivity index (χ0) is 29.3. The van der Waals surface area contributed by atoms with Gasteiger partial charge in [0.25, 0.3) is 0 Å². The summed E-state index contributed by atoms with van der Waals surface area (Å²) in [6.45, 7) is 4.08. The summed E-state index contributed by atoms with van der Waals surface area (Å²) < 4.78 is 33.0. The van der Waals surface area contributed by atoms with Crippen molar-refractivity contribution in [2.75, 3.05) is 30.8 Å². The predicted octanol–water partition coefficient (Wildman–Crippen LogP) is 4.64. The van der Waals surface area contributed by atoms with Crippen LogP contribution in [-0.2, 0) is 32.6 Å². The van der Waals surface area contributed by atoms with Crippen LogP contribution in [0.5, 0.6) is 5.75 Å². The number of nitrogens with zero attached hydrogens (tertiary/aromatic N) is 2. The second kappa shape index (κ2) is 14.3. The van der Waals surface area contributed by atoms with Gasteiger partial charge in [-0.3, -0.25) is 13.9 Å². The van der Waals surface area contributed by atoms with Gasteiger partial charge >= 0.3 is 0 Å². The largest absolute Gasteiger partial charge is 0.497 e. The Balaban J connectivity index is 2.04. The number of nitrogens with one attached hydrogen (secondary N) is 1. The quantitative estimate of drug-likeness (QED) is 0.297. The van der Waals surface area contributed by atoms with Crippen molar-refractivity contribution >= 4 is 43.5 Å². The fraction of sp³-hybridized carbons (Fsp3) is 0.333. The first kappa shape index (κ1) is 31.2. The normalized spacial score (nSPS) is 12.1. The van der Waals surface area contributed by atoms with Gasteiger partial charge in [0.2, 0.25) is 21.8 Å². The number of benzene rings is 3. The third-order valence-corrected chi connectivity index (χ3v) is 7.91. The third-order valence-electron chi connectivity index (χ3n) is 6.24. The van der Waals surface area contributed by atoms with E-state index in [1.165, 1.54) is 12.0 Å². The zero-order valence-corrected chi connectivity index (χ0v) is 25.6. The fourth-order valence-corrected chi connectivity index (χ4v) is 5.25. The molecule has 0 spiro atoms. The SMILES string of the molecule is COc1cccc(N(CC(=O)N(Cc2ccc(Br)cc2)[C@H](Cc2ccccc2)C(=O)NCC(C)C)S(C)(=O)=O)c1. The van der Waals surface area contributed by atoms with E-state index in [0.29, 0.717) is 18.0 Å². The van der Waals surface area contributed by atoms with Crippen LogP contribution in [0.4, 0.5) is 5.69 Å². The summed E-state index contributed by atoms with van der Waals surface area (Å²) in [5.74, 6) is -0.127. The average molecular weight is 631 g/mol. The van der Waals surface area contributed by atoms with Crippen molar-refractivity contribution in [1.29, 1.82) is 0 Å². The van der Waals surface area contributed by atoms with Crippen molar-refractivity contribution < 1.29 is 22.7 Å². The first-order chi connectivity index (χ1) is 19.0. The molecule has 3 rings (SSSR count). The number of hydrogen-bond donors (Lipinski definition) is 1. The van der Waals surface area contributed by atoms with E-state index < -0.39 is 28.5 Å². The van der Waals surface area contributed by atoms with Crippen molar-refractivity contribution in [2.24, 2.45) is 5.92 Å². The number of sulfonamides is 1. The molecule has 0 heterocycles. The van der Waals surface area contributed by atoms with Gasteiger partial charge in [-0.2, -0.15) is 0 Å². The predicted molar refractivity (Wildman–Crippen MR) is 162 cm³/mol. The Bertz CT molecular complexity index is 1380. The summed E-state index contributed by atoms with van der Waals surface area (Å²) in [7, 11) is -2.37. The third kappa shape index (κ3) is 9.09. The second-order valence-electron chi connectivity index (χ2n) is 9.96. The number of hydrogen-bond acceptors (Lipinski definition) is 5. The summed E-state index contributed by atoms with van der Waals surface area (Å²) in [5.41, 5.74) is 1.98. The molecule has 0 fully saturated rings. The standard InChI is InChI=1S/C30H36BrN3O5S/c1-22(2)19-32-30(36)28(17-23-9-6-5-7-10-23)33(20-24-13-15-25(31)16-14-24)29(35)21-34(40(4,37)38)26-11-8-12-27(18-26)39-3/h5-16,18,22,28H,17,19-21H2,1-4H3,(H,32,36)/t28-/m1/s1. The number of halogens is 1. The van der Waals surface area contributed by atoms with Crippen molar-refractivity contribution in [2.45, 2.75) is 32.9 Å². The molecule has 0 unspecified atom stereocenters. The monoisotopic (exact) mass is 629 g/mol. The molecule has 3 aromatic rings. The molecule has 0 aliphatic rings. The van der Waals surface area contributed by atoms with Crippen LogP contribution in [0.25, 0.3) is 0 Å². The highest BCUT2D eigenvalue weighted by Gasteiger charge is 2.33. The number of rotatable bonds is 13.